The normalized spacial score (nSPS) is 20.4. The van der Waals surface area contributed by atoms with Gasteiger partial charge in [0.05, 0.1) is 30.6 Å². The zero-order valence-electron chi connectivity index (χ0n) is 15.9. The van der Waals surface area contributed by atoms with Crippen LogP contribution >= 0.6 is 0 Å². The van der Waals surface area contributed by atoms with Gasteiger partial charge in [-0.3, -0.25) is 4.79 Å². The zero-order valence-corrected chi connectivity index (χ0v) is 15.9. The van der Waals surface area contributed by atoms with Crippen molar-refractivity contribution in [3.05, 3.63) is 17.5 Å². The van der Waals surface area contributed by atoms with Gasteiger partial charge in [-0.1, -0.05) is 13.8 Å². The number of hydrogen-bond acceptors (Lipinski definition) is 6. The molecular weight excluding hydrogens is 332 g/mol. The second kappa shape index (κ2) is 9.28. The van der Waals surface area contributed by atoms with Crippen LogP contribution in [0.3, 0.4) is 0 Å². The molecule has 7 heteroatoms. The van der Waals surface area contributed by atoms with Crippen molar-refractivity contribution >= 4 is 11.9 Å². The van der Waals surface area contributed by atoms with Gasteiger partial charge in [-0.15, -0.1) is 0 Å². The lowest BCUT2D eigenvalue weighted by atomic mass is 10.1. The summed E-state index contributed by atoms with van der Waals surface area (Å²) in [4.78, 5) is 26.3. The first-order chi connectivity index (χ1) is 12.7. The number of carbonyl (C=O) groups is 1. The molecule has 144 valence electrons. The maximum absolute atomic E-state index is 13.1. The second-order valence-corrected chi connectivity index (χ2v) is 6.87. The van der Waals surface area contributed by atoms with Crippen LogP contribution in [0, 0.1) is 0 Å². The topological polar surface area (TPSA) is 67.8 Å². The van der Waals surface area contributed by atoms with E-state index in [4.69, 9.17) is 14.5 Å². The van der Waals surface area contributed by atoms with Crippen LogP contribution in [0.2, 0.25) is 0 Å². The highest BCUT2D eigenvalue weighted by atomic mass is 16.5. The van der Waals surface area contributed by atoms with Crippen LogP contribution in [-0.2, 0) is 15.9 Å². The largest absolute Gasteiger partial charge is 0.378 e. The van der Waals surface area contributed by atoms with Gasteiger partial charge in [-0.05, 0) is 25.7 Å². The Hall–Kier alpha value is -1.73. The molecule has 1 atom stereocenters. The van der Waals surface area contributed by atoms with E-state index in [-0.39, 0.29) is 12.0 Å². The summed E-state index contributed by atoms with van der Waals surface area (Å²) >= 11 is 0. The molecule has 0 aliphatic carbocycles. The van der Waals surface area contributed by atoms with Gasteiger partial charge in [0.25, 0.3) is 5.91 Å². The Labute approximate surface area is 155 Å². The molecule has 2 aliphatic heterocycles. The third-order valence-corrected chi connectivity index (χ3v) is 4.94. The third-order valence-electron chi connectivity index (χ3n) is 4.94. The standard InChI is InChI=1S/C19H30N4O3/c1-3-7-23(14-15-6-5-10-26-15)18(24)16-13-20-19(21-17(16)4-2)22-8-11-25-12-9-22/h13,15H,3-12,14H2,1-2H3/t15-/m0/s1. The van der Waals surface area contributed by atoms with Crippen LogP contribution < -0.4 is 4.90 Å². The smallest absolute Gasteiger partial charge is 0.257 e. The maximum atomic E-state index is 13.1. The van der Waals surface area contributed by atoms with E-state index in [1.165, 1.54) is 0 Å². The average molecular weight is 362 g/mol. The van der Waals surface area contributed by atoms with E-state index < -0.39 is 0 Å². The zero-order chi connectivity index (χ0) is 18.4. The lowest BCUT2D eigenvalue weighted by Gasteiger charge is -2.28. The summed E-state index contributed by atoms with van der Waals surface area (Å²) in [5.74, 6) is 0.718. The number of ether oxygens (including phenoxy) is 2. The minimum atomic E-state index is 0.0210. The molecule has 3 heterocycles. The number of amides is 1. The molecule has 0 N–H and O–H groups in total. The minimum absolute atomic E-state index is 0.0210. The van der Waals surface area contributed by atoms with Crippen molar-refractivity contribution in [2.45, 2.75) is 45.6 Å². The van der Waals surface area contributed by atoms with Gasteiger partial charge >= 0.3 is 0 Å². The molecule has 2 aliphatic rings. The molecule has 0 unspecified atom stereocenters. The summed E-state index contributed by atoms with van der Waals surface area (Å²) in [5.41, 5.74) is 1.44. The first-order valence-electron chi connectivity index (χ1n) is 9.82. The summed E-state index contributed by atoms with van der Waals surface area (Å²) in [6.07, 6.45) is 5.60. The number of hydrogen-bond donors (Lipinski definition) is 0. The molecule has 1 amide bonds. The van der Waals surface area contributed by atoms with Gasteiger partial charge in [-0.2, -0.15) is 0 Å². The van der Waals surface area contributed by atoms with Crippen LogP contribution in [0.25, 0.3) is 0 Å². The molecule has 0 bridgehead atoms. The van der Waals surface area contributed by atoms with Gasteiger partial charge in [0, 0.05) is 39.0 Å². The van der Waals surface area contributed by atoms with E-state index >= 15 is 0 Å². The summed E-state index contributed by atoms with van der Waals surface area (Å²) < 4.78 is 11.1. The van der Waals surface area contributed by atoms with Crippen molar-refractivity contribution in [2.24, 2.45) is 0 Å². The number of morpholine rings is 1. The second-order valence-electron chi connectivity index (χ2n) is 6.87. The number of carbonyl (C=O) groups excluding carboxylic acids is 1. The maximum Gasteiger partial charge on any atom is 0.257 e. The molecule has 0 saturated carbocycles. The lowest BCUT2D eigenvalue weighted by Crippen LogP contribution is -2.39. The van der Waals surface area contributed by atoms with Crippen molar-refractivity contribution in [3.8, 4) is 0 Å². The van der Waals surface area contributed by atoms with Crippen LogP contribution in [0.5, 0.6) is 0 Å². The predicted octanol–water partition coefficient (Wildman–Crippen LogP) is 1.91. The Kier molecular flexibility index (Phi) is 6.80. The fourth-order valence-electron chi connectivity index (χ4n) is 3.52. The van der Waals surface area contributed by atoms with E-state index in [9.17, 15) is 4.79 Å². The fourth-order valence-corrected chi connectivity index (χ4v) is 3.52. The highest BCUT2D eigenvalue weighted by Crippen LogP contribution is 2.19. The van der Waals surface area contributed by atoms with Crippen molar-refractivity contribution in [1.82, 2.24) is 14.9 Å². The van der Waals surface area contributed by atoms with Gasteiger partial charge in [0.15, 0.2) is 0 Å². The van der Waals surface area contributed by atoms with Crippen molar-refractivity contribution in [3.63, 3.8) is 0 Å². The fraction of sp³-hybridized carbons (Fsp3) is 0.737. The Morgan fingerprint density at radius 2 is 2.12 bits per heavy atom. The van der Waals surface area contributed by atoms with E-state index in [1.54, 1.807) is 6.20 Å². The number of nitrogens with zero attached hydrogens (tertiary/aromatic N) is 4. The van der Waals surface area contributed by atoms with Gasteiger partial charge < -0.3 is 19.3 Å². The number of aromatic nitrogens is 2. The average Bonchev–Trinajstić information content (AvgIpc) is 3.20. The highest BCUT2D eigenvalue weighted by Gasteiger charge is 2.25. The molecule has 1 aromatic heterocycles. The Bertz CT molecular complexity index is 598. The quantitative estimate of drug-likeness (QED) is 0.738. The number of aryl methyl sites for hydroxylation is 1. The number of rotatable bonds is 7. The van der Waals surface area contributed by atoms with Crippen LogP contribution in [0.4, 0.5) is 5.95 Å². The molecular formula is C19H30N4O3. The molecule has 3 rings (SSSR count). The highest BCUT2D eigenvalue weighted by molar-refractivity contribution is 5.95. The number of anilines is 1. The molecule has 1 aromatic rings. The Morgan fingerprint density at radius 1 is 1.31 bits per heavy atom. The minimum Gasteiger partial charge on any atom is -0.378 e. The van der Waals surface area contributed by atoms with Gasteiger partial charge in [0.2, 0.25) is 5.95 Å². The lowest BCUT2D eigenvalue weighted by molar-refractivity contribution is 0.0524. The SMILES string of the molecule is CCCN(C[C@@H]1CCCO1)C(=O)c1cnc(N2CCOCC2)nc1CC. The van der Waals surface area contributed by atoms with E-state index in [2.05, 4.69) is 16.8 Å². The third kappa shape index (κ3) is 4.51. The molecule has 0 radical (unpaired) electrons. The van der Waals surface area contributed by atoms with E-state index in [0.717, 1.165) is 51.2 Å². The van der Waals surface area contributed by atoms with Gasteiger partial charge in [-0.25, -0.2) is 9.97 Å². The Morgan fingerprint density at radius 3 is 2.77 bits per heavy atom. The first kappa shape index (κ1) is 19.0. The molecule has 2 fully saturated rings. The molecule has 26 heavy (non-hydrogen) atoms. The first-order valence-corrected chi connectivity index (χ1v) is 9.82. The monoisotopic (exact) mass is 362 g/mol. The molecule has 0 aromatic carbocycles. The van der Waals surface area contributed by atoms with Crippen LogP contribution in [-0.4, -0.2) is 72.9 Å². The summed E-state index contributed by atoms with van der Waals surface area (Å²) in [6.45, 7) is 9.27. The van der Waals surface area contributed by atoms with Crippen molar-refractivity contribution < 1.29 is 14.3 Å². The molecule has 7 nitrogen and oxygen atoms in total. The summed E-state index contributed by atoms with van der Waals surface area (Å²) in [6, 6.07) is 0. The molecule has 2 saturated heterocycles. The van der Waals surface area contributed by atoms with Crippen LogP contribution in [0.1, 0.15) is 49.2 Å². The van der Waals surface area contributed by atoms with Crippen molar-refractivity contribution in [1.29, 1.82) is 0 Å². The van der Waals surface area contributed by atoms with Crippen molar-refractivity contribution in [2.75, 3.05) is 50.9 Å². The summed E-state index contributed by atoms with van der Waals surface area (Å²) in [5, 5.41) is 0. The van der Waals surface area contributed by atoms with E-state index in [0.29, 0.717) is 37.7 Å². The van der Waals surface area contributed by atoms with Crippen LogP contribution in [0.15, 0.2) is 6.20 Å². The summed E-state index contributed by atoms with van der Waals surface area (Å²) in [7, 11) is 0. The van der Waals surface area contributed by atoms with E-state index in [1.807, 2.05) is 11.8 Å². The van der Waals surface area contributed by atoms with Gasteiger partial charge in [0.1, 0.15) is 0 Å². The predicted molar refractivity (Wildman–Crippen MR) is 99.6 cm³/mol. The molecule has 0 spiro atoms. The Balaban J connectivity index is 1.77.